The zero-order valence-corrected chi connectivity index (χ0v) is 27.9. The quantitative estimate of drug-likeness (QED) is 0.110. The number of anilines is 4. The Kier molecular flexibility index (Phi) is 9.75. The largest absolute Gasteiger partial charge is 0.322 e. The van der Waals surface area contributed by atoms with E-state index >= 15 is 0 Å². The van der Waals surface area contributed by atoms with Crippen LogP contribution in [0.5, 0.6) is 0 Å². The molecule has 4 N–H and O–H groups in total. The van der Waals surface area contributed by atoms with E-state index in [0.29, 0.717) is 33.9 Å². The molecule has 0 atom stereocenters. The fourth-order valence-electron chi connectivity index (χ4n) is 4.91. The van der Waals surface area contributed by atoms with Crippen LogP contribution in [0.15, 0.2) is 168 Å². The van der Waals surface area contributed by atoms with Gasteiger partial charge in [-0.1, -0.05) is 60.7 Å². The Balaban J connectivity index is 1.02. The van der Waals surface area contributed by atoms with E-state index in [1.807, 2.05) is 24.3 Å². The molecule has 0 saturated carbocycles. The van der Waals surface area contributed by atoms with Crippen LogP contribution < -0.4 is 20.1 Å². The number of carbonyl (C=O) groups excluding carboxylic acids is 2. The van der Waals surface area contributed by atoms with Crippen LogP contribution in [-0.2, 0) is 20.0 Å². The molecule has 6 rings (SSSR count). The number of benzene rings is 6. The standard InChI is InChI=1S/C38H30N4O6S2/c43-37(29-15-23-33(24-16-29)41-49(45,46)35-7-3-1-4-8-35)39-31-19-11-27(12-20-31)28-13-21-32(22-14-28)40-38(44)30-17-25-34(26-18-30)42-50(47,48)36-9-5-2-6-10-36/h1-26,41-42H,(H,39,43)(H,40,44). The summed E-state index contributed by atoms with van der Waals surface area (Å²) in [7, 11) is -7.48. The van der Waals surface area contributed by atoms with Gasteiger partial charge in [0.2, 0.25) is 0 Å². The van der Waals surface area contributed by atoms with Gasteiger partial charge in [0.25, 0.3) is 31.9 Å². The lowest BCUT2D eigenvalue weighted by Crippen LogP contribution is -2.14. The summed E-state index contributed by atoms with van der Waals surface area (Å²) in [5.41, 5.74) is 4.33. The SMILES string of the molecule is O=C(Nc1ccc(-c2ccc(NC(=O)c3ccc(NS(=O)(=O)c4ccccc4)cc3)cc2)cc1)c1ccc(NS(=O)(=O)c2ccccc2)cc1. The molecule has 6 aromatic carbocycles. The lowest BCUT2D eigenvalue weighted by Gasteiger charge is -2.10. The maximum Gasteiger partial charge on any atom is 0.261 e. The second kappa shape index (κ2) is 14.5. The molecule has 50 heavy (non-hydrogen) atoms. The Labute approximate surface area is 289 Å². The molecule has 2 amide bonds. The van der Waals surface area contributed by atoms with Crippen LogP contribution in [-0.4, -0.2) is 28.6 Å². The van der Waals surface area contributed by atoms with Gasteiger partial charge >= 0.3 is 0 Å². The van der Waals surface area contributed by atoms with Crippen molar-refractivity contribution in [3.05, 3.63) is 169 Å². The Morgan fingerprint density at radius 3 is 0.980 bits per heavy atom. The van der Waals surface area contributed by atoms with Crippen molar-refractivity contribution in [2.45, 2.75) is 9.79 Å². The van der Waals surface area contributed by atoms with Crippen molar-refractivity contribution < 1.29 is 26.4 Å². The van der Waals surface area contributed by atoms with Gasteiger partial charge in [0, 0.05) is 33.9 Å². The van der Waals surface area contributed by atoms with Gasteiger partial charge < -0.3 is 10.6 Å². The van der Waals surface area contributed by atoms with Crippen LogP contribution in [0, 0.1) is 0 Å². The molecule has 0 aliphatic carbocycles. The molecule has 12 heteroatoms. The first kappa shape index (κ1) is 33.7. The highest BCUT2D eigenvalue weighted by atomic mass is 32.2. The van der Waals surface area contributed by atoms with Crippen molar-refractivity contribution >= 4 is 54.6 Å². The van der Waals surface area contributed by atoms with Crippen LogP contribution in [0.3, 0.4) is 0 Å². The van der Waals surface area contributed by atoms with Crippen molar-refractivity contribution in [3.8, 4) is 11.1 Å². The molecule has 250 valence electrons. The predicted molar refractivity (Wildman–Crippen MR) is 195 cm³/mol. The fraction of sp³-hybridized carbons (Fsp3) is 0. The van der Waals surface area contributed by atoms with E-state index in [9.17, 15) is 26.4 Å². The Morgan fingerprint density at radius 1 is 0.360 bits per heavy atom. The highest BCUT2D eigenvalue weighted by molar-refractivity contribution is 7.93. The molecule has 0 aliphatic rings. The first-order chi connectivity index (χ1) is 24.1. The number of carbonyl (C=O) groups is 2. The van der Waals surface area contributed by atoms with Crippen molar-refractivity contribution in [1.82, 2.24) is 0 Å². The molecule has 0 unspecified atom stereocenters. The molecule has 0 radical (unpaired) electrons. The molecule has 6 aromatic rings. The summed E-state index contributed by atoms with van der Waals surface area (Å²) in [5.74, 6) is -0.697. The van der Waals surface area contributed by atoms with E-state index < -0.39 is 20.0 Å². The molecule has 0 spiro atoms. The van der Waals surface area contributed by atoms with Crippen LogP contribution in [0.4, 0.5) is 22.7 Å². The number of amides is 2. The average Bonchev–Trinajstić information content (AvgIpc) is 3.13. The van der Waals surface area contributed by atoms with Gasteiger partial charge in [0.1, 0.15) is 0 Å². The first-order valence-corrected chi connectivity index (χ1v) is 18.2. The lowest BCUT2D eigenvalue weighted by atomic mass is 10.0. The second-order valence-electron chi connectivity index (χ2n) is 11.1. The Bertz CT molecular complexity index is 2160. The van der Waals surface area contributed by atoms with Crippen LogP contribution in [0.2, 0.25) is 0 Å². The van der Waals surface area contributed by atoms with E-state index in [0.717, 1.165) is 11.1 Å². The van der Waals surface area contributed by atoms with Gasteiger partial charge in [-0.3, -0.25) is 19.0 Å². The molecule has 0 aromatic heterocycles. The first-order valence-electron chi connectivity index (χ1n) is 15.2. The van der Waals surface area contributed by atoms with Crippen molar-refractivity contribution in [1.29, 1.82) is 0 Å². The molecular formula is C38H30N4O6S2. The van der Waals surface area contributed by atoms with Gasteiger partial charge in [-0.25, -0.2) is 16.8 Å². The molecule has 0 fully saturated rings. The zero-order valence-electron chi connectivity index (χ0n) is 26.3. The van der Waals surface area contributed by atoms with Crippen molar-refractivity contribution in [2.24, 2.45) is 0 Å². The van der Waals surface area contributed by atoms with Crippen molar-refractivity contribution in [3.63, 3.8) is 0 Å². The molecule has 0 saturated heterocycles. The van der Waals surface area contributed by atoms with E-state index in [2.05, 4.69) is 20.1 Å². The summed E-state index contributed by atoms with van der Waals surface area (Å²) in [6.07, 6.45) is 0. The number of hydrogen-bond donors (Lipinski definition) is 4. The summed E-state index contributed by atoms with van der Waals surface area (Å²) in [6, 6.07) is 42.8. The summed E-state index contributed by atoms with van der Waals surface area (Å²) < 4.78 is 55.2. The summed E-state index contributed by atoms with van der Waals surface area (Å²) in [5, 5.41) is 5.68. The van der Waals surface area contributed by atoms with Gasteiger partial charge in [-0.2, -0.15) is 0 Å². The average molecular weight is 703 g/mol. The molecule has 0 bridgehead atoms. The van der Waals surface area contributed by atoms with Gasteiger partial charge in [-0.15, -0.1) is 0 Å². The van der Waals surface area contributed by atoms with E-state index in [4.69, 9.17) is 0 Å². The maximum absolute atomic E-state index is 12.8. The minimum absolute atomic E-state index is 0.141. The molecule has 10 nitrogen and oxygen atoms in total. The molecule has 0 aliphatic heterocycles. The normalized spacial score (nSPS) is 11.3. The summed E-state index contributed by atoms with van der Waals surface area (Å²) in [4.78, 5) is 25.9. The van der Waals surface area contributed by atoms with Crippen LogP contribution >= 0.6 is 0 Å². The fourth-order valence-corrected chi connectivity index (χ4v) is 7.06. The third-order valence-electron chi connectivity index (χ3n) is 7.52. The predicted octanol–water partition coefficient (Wildman–Crippen LogP) is 7.46. The summed E-state index contributed by atoms with van der Waals surface area (Å²) in [6.45, 7) is 0. The highest BCUT2D eigenvalue weighted by Crippen LogP contribution is 2.25. The monoisotopic (exact) mass is 702 g/mol. The number of nitrogens with one attached hydrogen (secondary N) is 4. The number of hydrogen-bond acceptors (Lipinski definition) is 6. The number of sulfonamides is 2. The minimum Gasteiger partial charge on any atom is -0.322 e. The zero-order chi connectivity index (χ0) is 35.1. The number of rotatable bonds is 11. The van der Waals surface area contributed by atoms with E-state index in [-0.39, 0.29) is 21.6 Å². The van der Waals surface area contributed by atoms with Gasteiger partial charge in [-0.05, 0) is 108 Å². The molecular weight excluding hydrogens is 673 g/mol. The van der Waals surface area contributed by atoms with E-state index in [1.54, 1.807) is 84.9 Å². The topological polar surface area (TPSA) is 151 Å². The lowest BCUT2D eigenvalue weighted by molar-refractivity contribution is 0.101. The molecule has 0 heterocycles. The summed E-state index contributed by atoms with van der Waals surface area (Å²) >= 11 is 0. The van der Waals surface area contributed by atoms with Gasteiger partial charge in [0.05, 0.1) is 9.79 Å². The van der Waals surface area contributed by atoms with Crippen LogP contribution in [0.25, 0.3) is 11.1 Å². The van der Waals surface area contributed by atoms with Crippen LogP contribution in [0.1, 0.15) is 20.7 Å². The third kappa shape index (κ3) is 8.24. The Morgan fingerprint density at radius 2 is 0.660 bits per heavy atom. The Hall–Kier alpha value is -6.24. The highest BCUT2D eigenvalue weighted by Gasteiger charge is 2.16. The van der Waals surface area contributed by atoms with Gasteiger partial charge in [0.15, 0.2) is 0 Å². The van der Waals surface area contributed by atoms with Crippen molar-refractivity contribution in [2.75, 3.05) is 20.1 Å². The minimum atomic E-state index is -3.74. The third-order valence-corrected chi connectivity index (χ3v) is 10.3. The maximum atomic E-state index is 12.8. The second-order valence-corrected chi connectivity index (χ2v) is 14.4. The van der Waals surface area contributed by atoms with E-state index in [1.165, 1.54) is 48.5 Å². The smallest absolute Gasteiger partial charge is 0.261 e.